The van der Waals surface area contributed by atoms with Crippen LogP contribution in [-0.4, -0.2) is 48.8 Å². The number of morpholine rings is 1. The molecule has 4 aromatic carbocycles. The summed E-state index contributed by atoms with van der Waals surface area (Å²) in [6.07, 6.45) is 2.62. The summed E-state index contributed by atoms with van der Waals surface area (Å²) >= 11 is 0. The van der Waals surface area contributed by atoms with Crippen molar-refractivity contribution < 1.29 is 19.0 Å². The summed E-state index contributed by atoms with van der Waals surface area (Å²) in [7, 11) is 1.68. The molecule has 0 aliphatic carbocycles. The molecule has 0 N–H and O–H groups in total. The lowest BCUT2D eigenvalue weighted by atomic mass is 9.87. The molecule has 6 heteroatoms. The van der Waals surface area contributed by atoms with Crippen LogP contribution >= 0.6 is 0 Å². The zero-order valence-electron chi connectivity index (χ0n) is 23.9. The van der Waals surface area contributed by atoms with Crippen molar-refractivity contribution >= 4 is 16.8 Å². The van der Waals surface area contributed by atoms with Gasteiger partial charge in [-0.3, -0.25) is 4.79 Å². The fraction of sp³-hybridized carbons (Fsp3) is 0.250. The number of fused-ring (bicyclic) bond motifs is 1. The van der Waals surface area contributed by atoms with E-state index in [1.807, 2.05) is 47.4 Å². The number of hydrogen-bond acceptors (Lipinski definition) is 4. The van der Waals surface area contributed by atoms with Crippen LogP contribution in [0.15, 0.2) is 109 Å². The summed E-state index contributed by atoms with van der Waals surface area (Å²) in [5, 5.41) is 1.16. The Labute approximate surface area is 247 Å². The van der Waals surface area contributed by atoms with Gasteiger partial charge < -0.3 is 23.7 Å². The summed E-state index contributed by atoms with van der Waals surface area (Å²) in [6, 6.07) is 35.0. The van der Waals surface area contributed by atoms with E-state index < -0.39 is 0 Å². The van der Waals surface area contributed by atoms with Crippen molar-refractivity contribution in [2.24, 2.45) is 0 Å². The summed E-state index contributed by atoms with van der Waals surface area (Å²) < 4.78 is 19.2. The number of rotatable bonds is 10. The molecule has 1 fully saturated rings. The largest absolute Gasteiger partial charge is 0.497 e. The maximum absolute atomic E-state index is 13.6. The minimum atomic E-state index is -0.106. The molecule has 2 heterocycles. The molecule has 6 nitrogen and oxygen atoms in total. The minimum Gasteiger partial charge on any atom is -0.497 e. The number of nitrogens with zero attached hydrogens (tertiary/aromatic N) is 2. The Balaban J connectivity index is 1.32. The highest BCUT2D eigenvalue weighted by Crippen LogP contribution is 2.36. The molecule has 0 radical (unpaired) electrons. The van der Waals surface area contributed by atoms with Gasteiger partial charge in [-0.05, 0) is 52.6 Å². The minimum absolute atomic E-state index is 0.106. The zero-order chi connectivity index (χ0) is 28.7. The van der Waals surface area contributed by atoms with Crippen molar-refractivity contribution in [2.75, 3.05) is 33.4 Å². The van der Waals surface area contributed by atoms with Gasteiger partial charge in [0.15, 0.2) is 0 Å². The van der Waals surface area contributed by atoms with Crippen LogP contribution in [-0.2, 0) is 22.7 Å². The monoisotopic (exact) mass is 560 g/mol. The first-order valence-electron chi connectivity index (χ1n) is 14.5. The van der Waals surface area contributed by atoms with E-state index in [1.165, 1.54) is 5.56 Å². The third-order valence-corrected chi connectivity index (χ3v) is 7.98. The summed E-state index contributed by atoms with van der Waals surface area (Å²) in [4.78, 5) is 15.5. The predicted molar refractivity (Wildman–Crippen MR) is 165 cm³/mol. The summed E-state index contributed by atoms with van der Waals surface area (Å²) in [6.45, 7) is 3.68. The number of amides is 1. The second-order valence-electron chi connectivity index (χ2n) is 10.7. The van der Waals surface area contributed by atoms with Crippen LogP contribution in [0.3, 0.4) is 0 Å². The van der Waals surface area contributed by atoms with Gasteiger partial charge in [0, 0.05) is 49.1 Å². The van der Waals surface area contributed by atoms with Crippen molar-refractivity contribution in [3.05, 3.63) is 132 Å². The van der Waals surface area contributed by atoms with Gasteiger partial charge >= 0.3 is 0 Å². The van der Waals surface area contributed by atoms with Gasteiger partial charge in [0.25, 0.3) is 0 Å². The Morgan fingerprint density at radius 3 is 2.24 bits per heavy atom. The molecule has 214 valence electrons. The van der Waals surface area contributed by atoms with E-state index in [2.05, 4.69) is 71.4 Å². The molecule has 0 spiro atoms. The predicted octanol–water partition coefficient (Wildman–Crippen LogP) is 6.66. The van der Waals surface area contributed by atoms with Crippen LogP contribution in [0, 0.1) is 0 Å². The molecule has 1 amide bonds. The van der Waals surface area contributed by atoms with Gasteiger partial charge in [0.2, 0.25) is 5.91 Å². The average Bonchev–Trinajstić information content (AvgIpc) is 3.42. The highest BCUT2D eigenvalue weighted by Gasteiger charge is 2.26. The molecule has 1 aliphatic heterocycles. The van der Waals surface area contributed by atoms with Gasteiger partial charge in [0.05, 0.1) is 20.3 Å². The lowest BCUT2D eigenvalue weighted by Gasteiger charge is -2.28. The number of methoxy groups -OCH3 is 1. The molecule has 1 aromatic heterocycles. The molecule has 0 bridgehead atoms. The Bertz CT molecular complexity index is 1600. The molecule has 1 aliphatic rings. The molecular formula is C36H36N2O4. The van der Waals surface area contributed by atoms with Crippen LogP contribution in [0.25, 0.3) is 10.9 Å². The van der Waals surface area contributed by atoms with Crippen molar-refractivity contribution in [3.63, 3.8) is 0 Å². The van der Waals surface area contributed by atoms with Gasteiger partial charge in [0.1, 0.15) is 18.1 Å². The highest BCUT2D eigenvalue weighted by atomic mass is 16.5. The third-order valence-electron chi connectivity index (χ3n) is 7.98. The van der Waals surface area contributed by atoms with E-state index in [4.69, 9.17) is 14.2 Å². The number of ether oxygens (including phenoxy) is 3. The third kappa shape index (κ3) is 6.34. The molecular weight excluding hydrogens is 524 g/mol. The normalized spacial score (nSPS) is 14.1. The van der Waals surface area contributed by atoms with E-state index >= 15 is 0 Å². The number of para-hydroxylation sites is 1. The topological polar surface area (TPSA) is 52.9 Å². The zero-order valence-corrected chi connectivity index (χ0v) is 23.9. The van der Waals surface area contributed by atoms with E-state index in [0.717, 1.165) is 45.6 Å². The Morgan fingerprint density at radius 2 is 1.50 bits per heavy atom. The van der Waals surface area contributed by atoms with Crippen LogP contribution < -0.4 is 9.47 Å². The second-order valence-corrected chi connectivity index (χ2v) is 10.7. The van der Waals surface area contributed by atoms with E-state index in [-0.39, 0.29) is 11.8 Å². The summed E-state index contributed by atoms with van der Waals surface area (Å²) in [5.41, 5.74) is 5.70. The lowest BCUT2D eigenvalue weighted by molar-refractivity contribution is -0.135. The van der Waals surface area contributed by atoms with Crippen molar-refractivity contribution in [1.29, 1.82) is 0 Å². The molecule has 42 heavy (non-hydrogen) atoms. The number of carbonyl (C=O) groups is 1. The Kier molecular flexibility index (Phi) is 8.52. The van der Waals surface area contributed by atoms with Crippen molar-refractivity contribution in [3.8, 4) is 11.5 Å². The highest BCUT2D eigenvalue weighted by molar-refractivity contribution is 5.87. The fourth-order valence-corrected chi connectivity index (χ4v) is 5.67. The van der Waals surface area contributed by atoms with Crippen LogP contribution in [0.1, 0.15) is 34.6 Å². The second kappa shape index (κ2) is 13.0. The first kappa shape index (κ1) is 27.6. The first-order valence-corrected chi connectivity index (χ1v) is 14.5. The van der Waals surface area contributed by atoms with Crippen LogP contribution in [0.5, 0.6) is 11.5 Å². The van der Waals surface area contributed by atoms with E-state index in [1.54, 1.807) is 7.11 Å². The number of benzene rings is 4. The fourth-order valence-electron chi connectivity index (χ4n) is 5.67. The number of aromatic nitrogens is 1. The molecule has 0 saturated carbocycles. The molecule has 0 unspecified atom stereocenters. The van der Waals surface area contributed by atoms with E-state index in [0.29, 0.717) is 39.3 Å². The van der Waals surface area contributed by atoms with Crippen molar-refractivity contribution in [2.45, 2.75) is 25.5 Å². The maximum atomic E-state index is 13.6. The average molecular weight is 561 g/mol. The standard InChI is InChI=1S/C36H36N2O4/c1-40-30-15-11-27(12-16-30)24-38-25-34(32-9-5-6-10-35(32)38)33(23-36(39)37-19-21-41-22-20-37)29-13-17-31(18-14-29)42-26-28-7-3-2-4-8-28/h2-18,25,33H,19-24,26H2,1H3/t33-/m1/s1. The number of carbonyl (C=O) groups excluding carboxylic acids is 1. The van der Waals surface area contributed by atoms with Crippen LogP contribution in [0.2, 0.25) is 0 Å². The Morgan fingerprint density at radius 1 is 0.810 bits per heavy atom. The molecule has 1 saturated heterocycles. The van der Waals surface area contributed by atoms with E-state index in [9.17, 15) is 4.79 Å². The van der Waals surface area contributed by atoms with Gasteiger partial charge in [-0.25, -0.2) is 0 Å². The lowest BCUT2D eigenvalue weighted by Crippen LogP contribution is -2.41. The molecule has 1 atom stereocenters. The SMILES string of the molecule is COc1ccc(Cn2cc([C@H](CC(=O)N3CCOCC3)c3ccc(OCc4ccccc4)cc3)c3ccccc32)cc1. The smallest absolute Gasteiger partial charge is 0.223 e. The van der Waals surface area contributed by atoms with Crippen molar-refractivity contribution in [1.82, 2.24) is 9.47 Å². The molecule has 5 aromatic rings. The van der Waals surface area contributed by atoms with Crippen LogP contribution in [0.4, 0.5) is 0 Å². The maximum Gasteiger partial charge on any atom is 0.223 e. The van der Waals surface area contributed by atoms with Gasteiger partial charge in [-0.1, -0.05) is 72.8 Å². The summed E-state index contributed by atoms with van der Waals surface area (Å²) in [5.74, 6) is 1.70. The molecule has 6 rings (SSSR count). The number of hydrogen-bond donors (Lipinski definition) is 0. The Hall–Kier alpha value is -4.55. The van der Waals surface area contributed by atoms with Gasteiger partial charge in [-0.15, -0.1) is 0 Å². The quantitative estimate of drug-likeness (QED) is 0.192. The first-order chi connectivity index (χ1) is 20.7. The van der Waals surface area contributed by atoms with Gasteiger partial charge in [-0.2, -0.15) is 0 Å².